The van der Waals surface area contributed by atoms with Crippen LogP contribution in [0.2, 0.25) is 0 Å². The summed E-state index contributed by atoms with van der Waals surface area (Å²) in [7, 11) is 0. The van der Waals surface area contributed by atoms with Crippen LogP contribution in [0.3, 0.4) is 0 Å². The predicted octanol–water partition coefficient (Wildman–Crippen LogP) is 2.63. The van der Waals surface area contributed by atoms with Gasteiger partial charge in [-0.15, -0.1) is 0 Å². The van der Waals surface area contributed by atoms with Crippen LogP contribution in [0, 0.1) is 5.41 Å². The summed E-state index contributed by atoms with van der Waals surface area (Å²) in [6.07, 6.45) is 3.50. The number of benzene rings is 1. The van der Waals surface area contributed by atoms with Gasteiger partial charge in [0.2, 0.25) is 0 Å². The Morgan fingerprint density at radius 3 is 2.70 bits per heavy atom. The zero-order valence-corrected chi connectivity index (χ0v) is 11.6. The fourth-order valence-corrected chi connectivity index (χ4v) is 2.36. The monoisotopic (exact) mass is 276 g/mol. The number of amides is 2. The molecule has 0 saturated heterocycles. The number of rotatable bonds is 5. The van der Waals surface area contributed by atoms with E-state index in [-0.39, 0.29) is 17.9 Å². The lowest BCUT2D eigenvalue weighted by Gasteiger charge is -2.38. The van der Waals surface area contributed by atoms with Crippen molar-refractivity contribution in [3.63, 3.8) is 0 Å². The van der Waals surface area contributed by atoms with E-state index in [1.807, 2.05) is 0 Å². The number of carbonyl (C=O) groups is 2. The van der Waals surface area contributed by atoms with Crippen LogP contribution in [0.4, 0.5) is 10.5 Å². The lowest BCUT2D eigenvalue weighted by atomic mass is 9.70. The number of carboxylic acids is 1. The average molecular weight is 276 g/mol. The highest BCUT2D eigenvalue weighted by Crippen LogP contribution is 2.39. The SMILES string of the molecule is CC1(CNC(=O)Nc2cccc(CC(=O)O)c2)CCC1. The minimum Gasteiger partial charge on any atom is -0.481 e. The zero-order chi connectivity index (χ0) is 14.6. The third-order valence-electron chi connectivity index (χ3n) is 3.78. The van der Waals surface area contributed by atoms with Gasteiger partial charge in [0.15, 0.2) is 0 Å². The Labute approximate surface area is 118 Å². The molecule has 0 aromatic heterocycles. The first-order valence-corrected chi connectivity index (χ1v) is 6.82. The number of carbonyl (C=O) groups excluding carboxylic acids is 1. The van der Waals surface area contributed by atoms with Crippen LogP contribution in [0.25, 0.3) is 0 Å². The standard InChI is InChI=1S/C15H20N2O3/c1-15(6-3-7-15)10-16-14(20)17-12-5-2-4-11(8-12)9-13(18)19/h2,4-5,8H,3,6-7,9-10H2,1H3,(H,18,19)(H2,16,17,20). The van der Waals surface area contributed by atoms with Crippen molar-refractivity contribution in [2.75, 3.05) is 11.9 Å². The number of urea groups is 1. The van der Waals surface area contributed by atoms with Gasteiger partial charge in [-0.2, -0.15) is 0 Å². The van der Waals surface area contributed by atoms with Crippen LogP contribution >= 0.6 is 0 Å². The molecule has 1 saturated carbocycles. The largest absolute Gasteiger partial charge is 0.481 e. The van der Waals surface area contributed by atoms with E-state index in [4.69, 9.17) is 5.11 Å². The molecule has 2 rings (SSSR count). The van der Waals surface area contributed by atoms with Crippen LogP contribution in [0.1, 0.15) is 31.7 Å². The van der Waals surface area contributed by atoms with Crippen molar-refractivity contribution in [1.82, 2.24) is 5.32 Å². The molecule has 1 aromatic rings. The normalized spacial score (nSPS) is 16.1. The molecular weight excluding hydrogens is 256 g/mol. The molecule has 0 atom stereocenters. The van der Waals surface area contributed by atoms with Crippen LogP contribution < -0.4 is 10.6 Å². The Kier molecular flexibility index (Phi) is 4.27. The Morgan fingerprint density at radius 1 is 1.35 bits per heavy atom. The molecule has 3 N–H and O–H groups in total. The highest BCUT2D eigenvalue weighted by atomic mass is 16.4. The van der Waals surface area contributed by atoms with E-state index >= 15 is 0 Å². The molecule has 1 aromatic carbocycles. The second-order valence-corrected chi connectivity index (χ2v) is 5.74. The maximum Gasteiger partial charge on any atom is 0.319 e. The van der Waals surface area contributed by atoms with Crippen LogP contribution in [0.5, 0.6) is 0 Å². The summed E-state index contributed by atoms with van der Waals surface area (Å²) in [4.78, 5) is 22.4. The first-order chi connectivity index (χ1) is 9.47. The number of anilines is 1. The summed E-state index contributed by atoms with van der Waals surface area (Å²) < 4.78 is 0. The van der Waals surface area contributed by atoms with Gasteiger partial charge in [0, 0.05) is 12.2 Å². The number of hydrogen-bond acceptors (Lipinski definition) is 2. The van der Waals surface area contributed by atoms with Gasteiger partial charge in [0.25, 0.3) is 0 Å². The molecule has 2 amide bonds. The van der Waals surface area contributed by atoms with Gasteiger partial charge in [-0.3, -0.25) is 4.79 Å². The third kappa shape index (κ3) is 3.98. The lowest BCUT2D eigenvalue weighted by Crippen LogP contribution is -2.41. The minimum absolute atomic E-state index is 0.0464. The van der Waals surface area contributed by atoms with E-state index in [0.29, 0.717) is 17.8 Å². The number of hydrogen-bond donors (Lipinski definition) is 3. The van der Waals surface area contributed by atoms with Gasteiger partial charge in [0.05, 0.1) is 6.42 Å². The number of carboxylic acid groups (broad SMARTS) is 1. The molecule has 1 fully saturated rings. The van der Waals surface area contributed by atoms with E-state index in [1.165, 1.54) is 6.42 Å². The van der Waals surface area contributed by atoms with Crippen LogP contribution in [-0.2, 0) is 11.2 Å². The van der Waals surface area contributed by atoms with Crippen molar-refractivity contribution in [2.45, 2.75) is 32.6 Å². The molecule has 20 heavy (non-hydrogen) atoms. The summed E-state index contributed by atoms with van der Waals surface area (Å²) in [6.45, 7) is 2.85. The van der Waals surface area contributed by atoms with Gasteiger partial charge in [0.1, 0.15) is 0 Å². The minimum atomic E-state index is -0.885. The van der Waals surface area contributed by atoms with Crippen molar-refractivity contribution in [3.8, 4) is 0 Å². The van der Waals surface area contributed by atoms with Crippen LogP contribution in [0.15, 0.2) is 24.3 Å². The fraction of sp³-hybridized carbons (Fsp3) is 0.467. The van der Waals surface area contributed by atoms with Gasteiger partial charge in [-0.1, -0.05) is 25.5 Å². The molecular formula is C15H20N2O3. The Balaban J connectivity index is 1.85. The quantitative estimate of drug-likeness (QED) is 0.773. The molecule has 5 nitrogen and oxygen atoms in total. The topological polar surface area (TPSA) is 78.4 Å². The molecule has 5 heteroatoms. The van der Waals surface area contributed by atoms with E-state index in [1.54, 1.807) is 24.3 Å². The maximum absolute atomic E-state index is 11.8. The fourth-order valence-electron chi connectivity index (χ4n) is 2.36. The maximum atomic E-state index is 11.8. The van der Waals surface area contributed by atoms with Crippen molar-refractivity contribution in [2.24, 2.45) is 5.41 Å². The molecule has 0 radical (unpaired) electrons. The van der Waals surface area contributed by atoms with Crippen molar-refractivity contribution in [3.05, 3.63) is 29.8 Å². The van der Waals surface area contributed by atoms with E-state index in [2.05, 4.69) is 17.6 Å². The summed E-state index contributed by atoms with van der Waals surface area (Å²) in [5, 5.41) is 14.3. The molecule has 108 valence electrons. The molecule has 0 bridgehead atoms. The Bertz CT molecular complexity index is 510. The van der Waals surface area contributed by atoms with E-state index < -0.39 is 5.97 Å². The third-order valence-corrected chi connectivity index (χ3v) is 3.78. The molecule has 0 aliphatic heterocycles. The smallest absolute Gasteiger partial charge is 0.319 e. The van der Waals surface area contributed by atoms with Gasteiger partial charge < -0.3 is 15.7 Å². The zero-order valence-electron chi connectivity index (χ0n) is 11.6. The summed E-state index contributed by atoms with van der Waals surface area (Å²) in [6, 6.07) is 6.65. The summed E-state index contributed by atoms with van der Waals surface area (Å²) >= 11 is 0. The molecule has 0 spiro atoms. The second-order valence-electron chi connectivity index (χ2n) is 5.74. The number of nitrogens with one attached hydrogen (secondary N) is 2. The lowest BCUT2D eigenvalue weighted by molar-refractivity contribution is -0.136. The highest BCUT2D eigenvalue weighted by Gasteiger charge is 2.31. The average Bonchev–Trinajstić information content (AvgIpc) is 2.33. The van der Waals surface area contributed by atoms with Crippen molar-refractivity contribution >= 4 is 17.7 Å². The van der Waals surface area contributed by atoms with Crippen molar-refractivity contribution in [1.29, 1.82) is 0 Å². The van der Waals surface area contributed by atoms with Gasteiger partial charge in [-0.05, 0) is 36.0 Å². The predicted molar refractivity (Wildman–Crippen MR) is 76.8 cm³/mol. The second kappa shape index (κ2) is 5.94. The van der Waals surface area contributed by atoms with Gasteiger partial charge >= 0.3 is 12.0 Å². The Morgan fingerprint density at radius 2 is 2.10 bits per heavy atom. The summed E-state index contributed by atoms with van der Waals surface area (Å²) in [5.74, 6) is -0.885. The molecule has 1 aliphatic carbocycles. The first kappa shape index (κ1) is 14.4. The molecule has 0 heterocycles. The van der Waals surface area contributed by atoms with E-state index in [0.717, 1.165) is 12.8 Å². The van der Waals surface area contributed by atoms with Crippen molar-refractivity contribution < 1.29 is 14.7 Å². The molecule has 1 aliphatic rings. The highest BCUT2D eigenvalue weighted by molar-refractivity contribution is 5.89. The van der Waals surface area contributed by atoms with Gasteiger partial charge in [-0.25, -0.2) is 4.79 Å². The summed E-state index contributed by atoms with van der Waals surface area (Å²) in [5.41, 5.74) is 1.52. The Hall–Kier alpha value is -2.04. The van der Waals surface area contributed by atoms with E-state index in [9.17, 15) is 9.59 Å². The first-order valence-electron chi connectivity index (χ1n) is 6.82. The molecule has 0 unspecified atom stereocenters. The van der Waals surface area contributed by atoms with Crippen LogP contribution in [-0.4, -0.2) is 23.7 Å². The number of aliphatic carboxylic acids is 1.